The molecule has 0 spiro atoms. The van der Waals surface area contributed by atoms with Gasteiger partial charge >= 0.3 is 37.3 Å². The van der Waals surface area contributed by atoms with Gasteiger partial charge in [-0.3, -0.25) is 9.32 Å². The molecule has 0 saturated carbocycles. The molecule has 0 amide bonds. The van der Waals surface area contributed by atoms with Gasteiger partial charge in [-0.1, -0.05) is 59.7 Å². The van der Waals surface area contributed by atoms with Crippen molar-refractivity contribution in [3.05, 3.63) is 58.7 Å². The highest BCUT2D eigenvalue weighted by atomic mass is 31.2. The van der Waals surface area contributed by atoms with E-state index in [4.69, 9.17) is 32.8 Å². The number of nitrogens with one attached hydrogen (secondary N) is 1. The number of benzene rings is 1. The van der Waals surface area contributed by atoms with E-state index < -0.39 is 68.2 Å². The van der Waals surface area contributed by atoms with E-state index in [1.165, 1.54) is 19.2 Å². The van der Waals surface area contributed by atoms with E-state index in [2.05, 4.69) is 16.1 Å². The second-order valence-electron chi connectivity index (χ2n) is 12.8. The molecule has 18 heteroatoms. The van der Waals surface area contributed by atoms with Crippen molar-refractivity contribution in [1.82, 2.24) is 14.6 Å². The monoisotopic (exact) mass is 737 g/mol. The van der Waals surface area contributed by atoms with Crippen LogP contribution in [0.2, 0.25) is 16.6 Å². The minimum absolute atomic E-state index is 0.0340. The summed E-state index contributed by atoms with van der Waals surface area (Å²) in [6, 6.07) is 10.6. The van der Waals surface area contributed by atoms with Crippen LogP contribution < -0.4 is 21.0 Å². The summed E-state index contributed by atoms with van der Waals surface area (Å²) in [6.07, 6.45) is -1.51. The highest BCUT2D eigenvalue weighted by molar-refractivity contribution is 7.52. The number of nitrogens with zero attached hydrogens (tertiary/aromatic N) is 3. The van der Waals surface area contributed by atoms with Gasteiger partial charge in [0.1, 0.15) is 35.4 Å². The predicted octanol–water partition coefficient (Wildman–Crippen LogP) is 4.34. The lowest BCUT2D eigenvalue weighted by molar-refractivity contribution is -0.149. The Kier molecular flexibility index (Phi) is 14.0. The third-order valence-electron chi connectivity index (χ3n) is 7.51. The standard InChI is InChI=1S/C31H48N5O10PSi2/c1-19(2)42-30(37)23(9)35-47(39,44-24-13-11-10-12-14-24)41-18-26-28(45-49(21(5)6,22(7)8)46-48(40)20(3)4)25(17-32)29(43-26)36-16-15-27(33)34-31(36)38/h10-16,19-23,26,28,40,48H,18H2,1-9H3,(H,35,39)(H2,33,34,38)/t23-,26+,28-,47?,48?/m0/s1. The number of esters is 1. The molecule has 0 saturated heterocycles. The molecule has 15 nitrogen and oxygen atoms in total. The molecule has 4 N–H and O–H groups in total. The number of hydrogen-bond donors (Lipinski definition) is 3. The summed E-state index contributed by atoms with van der Waals surface area (Å²) in [5.74, 6) is -0.718. The number of rotatable bonds is 17. The van der Waals surface area contributed by atoms with Crippen LogP contribution in [0.25, 0.3) is 5.88 Å². The first-order valence-corrected chi connectivity index (χ1v) is 21.3. The van der Waals surface area contributed by atoms with Gasteiger partial charge in [0.2, 0.25) is 5.88 Å². The summed E-state index contributed by atoms with van der Waals surface area (Å²) < 4.78 is 51.8. The molecule has 1 aliphatic rings. The zero-order valence-corrected chi connectivity index (χ0v) is 32.4. The van der Waals surface area contributed by atoms with Crippen molar-refractivity contribution in [1.29, 1.82) is 5.26 Å². The Morgan fingerprint density at radius 3 is 2.31 bits per heavy atom. The molecule has 270 valence electrons. The molecule has 49 heavy (non-hydrogen) atoms. The third-order valence-corrected chi connectivity index (χ3v) is 16.6. The van der Waals surface area contributed by atoms with Crippen LogP contribution in [0, 0.1) is 11.3 Å². The number of anilines is 1. The minimum atomic E-state index is -4.37. The molecule has 2 aromatic rings. The second kappa shape index (κ2) is 17.1. The average molecular weight is 738 g/mol. The molecule has 5 atom stereocenters. The fourth-order valence-corrected chi connectivity index (χ4v) is 14.0. The summed E-state index contributed by atoms with van der Waals surface area (Å²) in [6.45, 7) is 15.7. The number of carbonyl (C=O) groups excluding carboxylic acids is 1. The van der Waals surface area contributed by atoms with Crippen LogP contribution in [-0.4, -0.2) is 69.1 Å². The van der Waals surface area contributed by atoms with Crippen LogP contribution in [0.5, 0.6) is 5.75 Å². The van der Waals surface area contributed by atoms with Crippen molar-refractivity contribution in [2.24, 2.45) is 0 Å². The number of aromatic nitrogens is 2. The van der Waals surface area contributed by atoms with Crippen molar-refractivity contribution in [2.45, 2.75) is 103 Å². The first-order valence-electron chi connectivity index (χ1n) is 16.1. The number of para-hydroxylation sites is 1. The van der Waals surface area contributed by atoms with E-state index in [0.717, 1.165) is 4.57 Å². The number of nitriles is 1. The number of nitrogen functional groups attached to an aromatic ring is 1. The van der Waals surface area contributed by atoms with Crippen molar-refractivity contribution in [2.75, 3.05) is 12.3 Å². The first kappa shape index (κ1) is 40.1. The summed E-state index contributed by atoms with van der Waals surface area (Å²) in [5.41, 5.74) is 4.27. The molecule has 2 heterocycles. The second-order valence-corrected chi connectivity index (χ2v) is 21.6. The van der Waals surface area contributed by atoms with Gasteiger partial charge < -0.3 is 33.1 Å². The normalized spacial score (nSPS) is 19.1. The Labute approximate surface area is 290 Å². The third kappa shape index (κ3) is 10.1. The van der Waals surface area contributed by atoms with E-state index >= 15 is 0 Å². The van der Waals surface area contributed by atoms with E-state index in [9.17, 15) is 24.2 Å². The topological polar surface area (TPSA) is 206 Å². The molecule has 2 unspecified atom stereocenters. The number of carbonyl (C=O) groups is 1. The largest absolute Gasteiger partial charge is 0.469 e. The van der Waals surface area contributed by atoms with E-state index in [1.807, 2.05) is 41.5 Å². The molecule has 0 radical (unpaired) electrons. The van der Waals surface area contributed by atoms with E-state index in [-0.39, 0.29) is 39.6 Å². The van der Waals surface area contributed by atoms with Gasteiger partial charge in [-0.25, -0.2) is 13.9 Å². The Morgan fingerprint density at radius 2 is 1.78 bits per heavy atom. The molecule has 1 aromatic carbocycles. The SMILES string of the molecule is CC(C)OC(=O)[C@H](C)NP(=O)(OC[C@H]1OC(n2ccc(N)nc2=O)=C(C#N)[C@@H]1O[Si](O[SiH](O)C(C)C)(C(C)C)C(C)C)Oc1ccccc1. The highest BCUT2D eigenvalue weighted by Crippen LogP contribution is 2.47. The molecule has 0 bridgehead atoms. The maximum Gasteiger partial charge on any atom is 0.459 e. The van der Waals surface area contributed by atoms with Crippen LogP contribution in [-0.2, 0) is 31.9 Å². The van der Waals surface area contributed by atoms with Crippen LogP contribution >= 0.6 is 7.75 Å². The lowest BCUT2D eigenvalue weighted by atomic mass is 10.1. The summed E-state index contributed by atoms with van der Waals surface area (Å²) in [5, 5.41) is 13.1. The zero-order valence-electron chi connectivity index (χ0n) is 29.4. The lowest BCUT2D eigenvalue weighted by Crippen LogP contribution is -2.56. The molecular weight excluding hydrogens is 690 g/mol. The number of hydrogen-bond acceptors (Lipinski definition) is 13. The maximum absolute atomic E-state index is 14.3. The smallest absolute Gasteiger partial charge is 0.459 e. The molecule has 3 rings (SSSR count). The van der Waals surface area contributed by atoms with Crippen LogP contribution in [0.4, 0.5) is 5.82 Å². The van der Waals surface area contributed by atoms with Crippen LogP contribution in [0.1, 0.15) is 62.3 Å². The van der Waals surface area contributed by atoms with Gasteiger partial charge in [0.25, 0.3) is 0 Å². The summed E-state index contributed by atoms with van der Waals surface area (Å²) >= 11 is 0. The Morgan fingerprint density at radius 1 is 1.14 bits per heavy atom. The Balaban J connectivity index is 2.09. The maximum atomic E-state index is 14.3. The van der Waals surface area contributed by atoms with Gasteiger partial charge in [-0.15, -0.1) is 0 Å². The number of nitrogens with two attached hydrogens (primary N) is 1. The van der Waals surface area contributed by atoms with Crippen molar-refractivity contribution in [3.63, 3.8) is 0 Å². The van der Waals surface area contributed by atoms with Gasteiger partial charge in [0.05, 0.1) is 12.7 Å². The summed E-state index contributed by atoms with van der Waals surface area (Å²) in [7, 11) is -10.5. The fourth-order valence-electron chi connectivity index (χ4n) is 4.97. The Bertz CT molecular complexity index is 1610. The number of ether oxygens (including phenoxy) is 2. The molecule has 1 aromatic heterocycles. The van der Waals surface area contributed by atoms with E-state index in [1.54, 1.807) is 44.2 Å². The van der Waals surface area contributed by atoms with Gasteiger partial charge in [0, 0.05) is 6.20 Å². The first-order chi connectivity index (χ1) is 22.9. The van der Waals surface area contributed by atoms with Crippen molar-refractivity contribution >= 4 is 43.3 Å². The molecular formula is C31H48N5O10PSi2. The minimum Gasteiger partial charge on any atom is -0.469 e. The Hall–Kier alpha value is -3.34. The van der Waals surface area contributed by atoms with Crippen LogP contribution in [0.15, 0.2) is 53.0 Å². The quantitative estimate of drug-likeness (QED) is 0.117. The molecule has 0 fully saturated rings. The fraction of sp³-hybridized carbons (Fsp3) is 0.548. The van der Waals surface area contributed by atoms with Gasteiger partial charge in [0.15, 0.2) is 6.10 Å². The van der Waals surface area contributed by atoms with Gasteiger partial charge in [-0.05, 0) is 55.6 Å². The zero-order chi connectivity index (χ0) is 36.7. The van der Waals surface area contributed by atoms with Gasteiger partial charge in [-0.2, -0.15) is 15.3 Å². The summed E-state index contributed by atoms with van der Waals surface area (Å²) in [4.78, 5) is 40.4. The van der Waals surface area contributed by atoms with Crippen molar-refractivity contribution in [3.8, 4) is 11.8 Å². The van der Waals surface area contributed by atoms with E-state index in [0.29, 0.717) is 0 Å². The lowest BCUT2D eigenvalue weighted by Gasteiger charge is -2.42. The highest BCUT2D eigenvalue weighted by Gasteiger charge is 2.53. The average Bonchev–Trinajstić information content (AvgIpc) is 3.35. The molecule has 1 aliphatic heterocycles. The van der Waals surface area contributed by atoms with Crippen molar-refractivity contribution < 1.29 is 41.2 Å². The molecule has 0 aliphatic carbocycles. The van der Waals surface area contributed by atoms with Crippen LogP contribution in [0.3, 0.4) is 0 Å². The predicted molar refractivity (Wildman–Crippen MR) is 187 cm³/mol.